The number of hydrogen-bond acceptors (Lipinski definition) is 1. The van der Waals surface area contributed by atoms with E-state index >= 15 is 0 Å². The Morgan fingerprint density at radius 2 is 1.29 bits per heavy atom. The molecule has 96 valence electrons. The largest absolute Gasteiger partial charge is 1.00 e. The molecule has 0 saturated heterocycles. The summed E-state index contributed by atoms with van der Waals surface area (Å²) in [6.45, 7) is 2.24. The molecular weight excluding hydrogens is 223 g/mol. The van der Waals surface area contributed by atoms with E-state index < -0.39 is 5.97 Å². The van der Waals surface area contributed by atoms with Crippen LogP contribution in [0.3, 0.4) is 0 Å². The topological polar surface area (TPSA) is 37.3 Å². The van der Waals surface area contributed by atoms with Crippen LogP contribution in [0.2, 0.25) is 0 Å². The fourth-order valence-electron chi connectivity index (χ4n) is 1.86. The van der Waals surface area contributed by atoms with Crippen molar-refractivity contribution in [2.24, 2.45) is 0 Å². The van der Waals surface area contributed by atoms with Gasteiger partial charge in [0.15, 0.2) is 5.97 Å². The SMILES string of the molecule is CCCCCCCCCCCC[CH-]C(=O)O.[Na+]. The molecule has 0 aromatic heterocycles. The molecule has 17 heavy (non-hydrogen) atoms. The fourth-order valence-corrected chi connectivity index (χ4v) is 1.86. The van der Waals surface area contributed by atoms with Crippen LogP contribution in [0.4, 0.5) is 0 Å². The Kier molecular flexibility index (Phi) is 18.9. The molecule has 0 aromatic rings. The first-order valence-electron chi connectivity index (χ1n) is 6.83. The van der Waals surface area contributed by atoms with Gasteiger partial charge in [0, 0.05) is 0 Å². The van der Waals surface area contributed by atoms with Crippen molar-refractivity contribution in [3.63, 3.8) is 0 Å². The quantitative estimate of drug-likeness (QED) is 0.324. The Labute approximate surface area is 129 Å². The predicted octanol–water partition coefficient (Wildman–Crippen LogP) is 1.59. The van der Waals surface area contributed by atoms with Crippen molar-refractivity contribution in [3.8, 4) is 0 Å². The van der Waals surface area contributed by atoms with Gasteiger partial charge >= 0.3 is 29.6 Å². The second-order valence-electron chi connectivity index (χ2n) is 4.51. The second-order valence-corrected chi connectivity index (χ2v) is 4.51. The summed E-state index contributed by atoms with van der Waals surface area (Å²) in [4.78, 5) is 10.2. The molecule has 0 saturated carbocycles. The summed E-state index contributed by atoms with van der Waals surface area (Å²) in [6, 6.07) is 0. The van der Waals surface area contributed by atoms with Crippen LogP contribution in [-0.4, -0.2) is 11.1 Å². The Morgan fingerprint density at radius 1 is 0.882 bits per heavy atom. The van der Waals surface area contributed by atoms with Crippen LogP contribution in [0, 0.1) is 6.42 Å². The van der Waals surface area contributed by atoms with Gasteiger partial charge in [-0.05, 0) is 0 Å². The van der Waals surface area contributed by atoms with Crippen LogP contribution >= 0.6 is 0 Å². The van der Waals surface area contributed by atoms with Gasteiger partial charge in [0.1, 0.15) is 0 Å². The summed E-state index contributed by atoms with van der Waals surface area (Å²) >= 11 is 0. The normalized spacial score (nSPS) is 9.71. The first kappa shape index (κ1) is 19.7. The van der Waals surface area contributed by atoms with E-state index in [2.05, 4.69) is 6.92 Å². The zero-order chi connectivity index (χ0) is 12.1. The molecule has 0 amide bonds. The molecule has 0 aromatic carbocycles. The number of unbranched alkanes of at least 4 members (excludes halogenated alkanes) is 10. The first-order chi connectivity index (χ1) is 7.77. The van der Waals surface area contributed by atoms with Crippen molar-refractivity contribution in [2.75, 3.05) is 0 Å². The van der Waals surface area contributed by atoms with Crippen molar-refractivity contribution in [1.29, 1.82) is 0 Å². The van der Waals surface area contributed by atoms with Crippen LogP contribution in [0.1, 0.15) is 77.6 Å². The molecule has 0 spiro atoms. The monoisotopic (exact) mass is 250 g/mol. The molecule has 0 radical (unpaired) electrons. The van der Waals surface area contributed by atoms with E-state index in [1.807, 2.05) is 0 Å². The van der Waals surface area contributed by atoms with Gasteiger partial charge in [-0.2, -0.15) is 6.42 Å². The fraction of sp³-hybridized carbons (Fsp3) is 0.857. The molecule has 0 atom stereocenters. The van der Waals surface area contributed by atoms with Crippen LogP contribution < -0.4 is 29.6 Å². The molecule has 0 unspecified atom stereocenters. The minimum absolute atomic E-state index is 0. The predicted molar refractivity (Wildman–Crippen MR) is 68.4 cm³/mol. The maximum atomic E-state index is 10.2. The molecule has 2 nitrogen and oxygen atoms in total. The van der Waals surface area contributed by atoms with Crippen molar-refractivity contribution in [1.82, 2.24) is 0 Å². The van der Waals surface area contributed by atoms with E-state index in [9.17, 15) is 4.79 Å². The Hall–Kier alpha value is 0.340. The van der Waals surface area contributed by atoms with Gasteiger partial charge in [-0.1, -0.05) is 71.1 Å². The zero-order valence-corrected chi connectivity index (χ0v) is 13.7. The number of carboxylic acid groups (broad SMARTS) is 1. The average molecular weight is 250 g/mol. The molecule has 0 aliphatic heterocycles. The summed E-state index contributed by atoms with van der Waals surface area (Å²) < 4.78 is 0. The van der Waals surface area contributed by atoms with Gasteiger partial charge in [0.2, 0.25) is 0 Å². The number of rotatable bonds is 12. The van der Waals surface area contributed by atoms with Crippen molar-refractivity contribution in [3.05, 3.63) is 6.42 Å². The summed E-state index contributed by atoms with van der Waals surface area (Å²) in [5.74, 6) is -0.782. The summed E-state index contributed by atoms with van der Waals surface area (Å²) in [7, 11) is 0. The van der Waals surface area contributed by atoms with Crippen molar-refractivity contribution in [2.45, 2.75) is 77.6 Å². The van der Waals surface area contributed by atoms with Gasteiger partial charge in [-0.25, -0.2) is 0 Å². The smallest absolute Gasteiger partial charge is 0.503 e. The Bertz CT molecular complexity index is 160. The third-order valence-electron chi connectivity index (χ3n) is 2.88. The summed E-state index contributed by atoms with van der Waals surface area (Å²) in [6.07, 6.45) is 15.1. The summed E-state index contributed by atoms with van der Waals surface area (Å²) in [5.41, 5.74) is 0. The van der Waals surface area contributed by atoms with E-state index in [0.29, 0.717) is 0 Å². The van der Waals surface area contributed by atoms with Crippen LogP contribution in [0.5, 0.6) is 0 Å². The third-order valence-corrected chi connectivity index (χ3v) is 2.88. The molecule has 1 N–H and O–H groups in total. The Morgan fingerprint density at radius 3 is 1.71 bits per heavy atom. The average Bonchev–Trinajstić information content (AvgIpc) is 2.25. The van der Waals surface area contributed by atoms with Gasteiger partial charge in [-0.3, -0.25) is 11.2 Å². The number of carbonyl (C=O) groups is 1. The first-order valence-corrected chi connectivity index (χ1v) is 6.83. The summed E-state index contributed by atoms with van der Waals surface area (Å²) in [5, 5.41) is 8.40. The molecule has 0 heterocycles. The number of aliphatic carboxylic acids is 1. The molecular formula is C14H27NaO2. The van der Waals surface area contributed by atoms with Gasteiger partial charge in [0.25, 0.3) is 0 Å². The molecule has 3 heteroatoms. The van der Waals surface area contributed by atoms with Gasteiger partial charge < -0.3 is 5.11 Å². The van der Waals surface area contributed by atoms with E-state index in [4.69, 9.17) is 5.11 Å². The zero-order valence-electron chi connectivity index (χ0n) is 11.7. The van der Waals surface area contributed by atoms with Crippen LogP contribution in [-0.2, 0) is 4.79 Å². The van der Waals surface area contributed by atoms with E-state index in [1.165, 1.54) is 64.2 Å². The molecule has 0 bridgehead atoms. The number of hydrogen-bond donors (Lipinski definition) is 1. The van der Waals surface area contributed by atoms with Crippen molar-refractivity contribution >= 4 is 5.97 Å². The van der Waals surface area contributed by atoms with Gasteiger partial charge in [0.05, 0.1) is 0 Å². The van der Waals surface area contributed by atoms with Crippen LogP contribution in [0.25, 0.3) is 0 Å². The molecule has 0 aliphatic carbocycles. The minimum Gasteiger partial charge on any atom is -0.503 e. The second kappa shape index (κ2) is 16.3. The number of carboxylic acids is 1. The van der Waals surface area contributed by atoms with E-state index in [0.717, 1.165) is 12.8 Å². The maximum absolute atomic E-state index is 10.2. The third kappa shape index (κ3) is 18.9. The maximum Gasteiger partial charge on any atom is 1.00 e. The van der Waals surface area contributed by atoms with E-state index in [-0.39, 0.29) is 29.6 Å². The van der Waals surface area contributed by atoms with Gasteiger partial charge in [-0.15, -0.1) is 0 Å². The van der Waals surface area contributed by atoms with Crippen LogP contribution in [0.15, 0.2) is 0 Å². The molecule has 0 aliphatic rings. The molecule has 0 fully saturated rings. The minimum atomic E-state index is -0.782. The molecule has 0 rings (SSSR count). The Balaban J connectivity index is 0. The standard InChI is InChI=1S/C14H27O2.Na/c1-2-3-4-5-6-7-8-9-10-11-12-13-14(15)16;/h13H,2-12H2,1H3,(H,15,16);/q-1;+1. The van der Waals surface area contributed by atoms with E-state index in [1.54, 1.807) is 0 Å². The van der Waals surface area contributed by atoms with Crippen molar-refractivity contribution < 1.29 is 39.5 Å².